The highest BCUT2D eigenvalue weighted by Gasteiger charge is 2.42. The van der Waals surface area contributed by atoms with E-state index in [-0.39, 0.29) is 0 Å². The molecule has 1 atom stereocenters. The lowest BCUT2D eigenvalue weighted by Gasteiger charge is -2.33. The summed E-state index contributed by atoms with van der Waals surface area (Å²) in [5.74, 6) is 2.37. The Morgan fingerprint density at radius 3 is 3.00 bits per heavy atom. The molecule has 106 valence electrons. The van der Waals surface area contributed by atoms with Crippen LogP contribution in [0.5, 0.6) is 0 Å². The monoisotopic (exact) mass is 264 g/mol. The summed E-state index contributed by atoms with van der Waals surface area (Å²) >= 11 is 0. The molecule has 2 aliphatic rings. The summed E-state index contributed by atoms with van der Waals surface area (Å²) in [5.41, 5.74) is 0.307. The van der Waals surface area contributed by atoms with Gasteiger partial charge in [0.25, 0.3) is 0 Å². The van der Waals surface area contributed by atoms with E-state index in [1.807, 2.05) is 6.92 Å². The lowest BCUT2D eigenvalue weighted by Crippen LogP contribution is -2.51. The second-order valence-electron chi connectivity index (χ2n) is 6.23. The highest BCUT2D eigenvalue weighted by Crippen LogP contribution is 2.40. The fraction of sp³-hybridized carbons (Fsp3) is 0.857. The van der Waals surface area contributed by atoms with Crippen molar-refractivity contribution in [2.45, 2.75) is 45.1 Å². The van der Waals surface area contributed by atoms with E-state index in [9.17, 15) is 0 Å². The molecule has 3 rings (SSSR count). The van der Waals surface area contributed by atoms with Crippen LogP contribution >= 0.6 is 0 Å². The third-order valence-electron chi connectivity index (χ3n) is 4.42. The summed E-state index contributed by atoms with van der Waals surface area (Å²) in [6.45, 7) is 8.73. The second kappa shape index (κ2) is 5.21. The molecule has 1 aromatic rings. The molecule has 1 aromatic heterocycles. The predicted octanol–water partition coefficient (Wildman–Crippen LogP) is 1.38. The molecular formula is C14H24N4O. The van der Waals surface area contributed by atoms with Crippen LogP contribution in [0.1, 0.15) is 37.9 Å². The van der Waals surface area contributed by atoms with E-state index in [1.54, 1.807) is 0 Å². The number of aromatic nitrogens is 2. The van der Waals surface area contributed by atoms with Gasteiger partial charge in [-0.15, -0.1) is 0 Å². The van der Waals surface area contributed by atoms with Gasteiger partial charge in [0, 0.05) is 25.0 Å². The van der Waals surface area contributed by atoms with Crippen LogP contribution in [-0.4, -0.2) is 46.8 Å². The van der Waals surface area contributed by atoms with Gasteiger partial charge in [0.1, 0.15) is 0 Å². The van der Waals surface area contributed by atoms with Gasteiger partial charge in [-0.2, -0.15) is 4.98 Å². The number of nitrogens with zero attached hydrogens (tertiary/aromatic N) is 3. The molecule has 0 aromatic carbocycles. The molecule has 19 heavy (non-hydrogen) atoms. The third-order valence-corrected chi connectivity index (χ3v) is 4.42. The molecule has 5 heteroatoms. The van der Waals surface area contributed by atoms with Crippen molar-refractivity contribution in [2.75, 3.05) is 26.2 Å². The molecule has 1 N–H and O–H groups in total. The molecule has 0 amide bonds. The van der Waals surface area contributed by atoms with Gasteiger partial charge >= 0.3 is 0 Å². The van der Waals surface area contributed by atoms with Gasteiger partial charge in [-0.1, -0.05) is 5.16 Å². The molecule has 0 bridgehead atoms. The number of rotatable bonds is 4. The van der Waals surface area contributed by atoms with E-state index in [1.165, 1.54) is 25.8 Å². The van der Waals surface area contributed by atoms with Gasteiger partial charge in [0.2, 0.25) is 5.89 Å². The summed E-state index contributed by atoms with van der Waals surface area (Å²) in [6.07, 6.45) is 4.87. The van der Waals surface area contributed by atoms with Crippen LogP contribution in [0.4, 0.5) is 0 Å². The Labute approximate surface area is 114 Å². The fourth-order valence-electron chi connectivity index (χ4n) is 3.16. The number of aryl methyl sites for hydroxylation is 1. The molecule has 1 saturated carbocycles. The van der Waals surface area contributed by atoms with Crippen LogP contribution in [0, 0.1) is 12.8 Å². The van der Waals surface area contributed by atoms with E-state index in [4.69, 9.17) is 4.52 Å². The summed E-state index contributed by atoms with van der Waals surface area (Å²) in [7, 11) is 0. The van der Waals surface area contributed by atoms with Crippen LogP contribution < -0.4 is 5.32 Å². The molecule has 5 nitrogen and oxygen atoms in total. The average molecular weight is 264 g/mol. The largest absolute Gasteiger partial charge is 0.339 e. The Kier molecular flexibility index (Phi) is 3.58. The van der Waals surface area contributed by atoms with Crippen molar-refractivity contribution in [2.24, 2.45) is 5.92 Å². The standard InChI is InChI=1S/C14H24N4O/c1-11-16-13(19-17-11)6-9-18-8-3-7-15-14(2,10-18)12-4-5-12/h12,15H,3-10H2,1-2H3. The van der Waals surface area contributed by atoms with Crippen molar-refractivity contribution >= 4 is 0 Å². The maximum absolute atomic E-state index is 5.19. The highest BCUT2D eigenvalue weighted by atomic mass is 16.5. The molecule has 0 spiro atoms. The third kappa shape index (κ3) is 3.15. The summed E-state index contributed by atoms with van der Waals surface area (Å²) < 4.78 is 5.19. The first-order chi connectivity index (χ1) is 9.16. The van der Waals surface area contributed by atoms with Crippen molar-refractivity contribution in [3.05, 3.63) is 11.7 Å². The maximum atomic E-state index is 5.19. The summed E-state index contributed by atoms with van der Waals surface area (Å²) in [4.78, 5) is 6.84. The van der Waals surface area contributed by atoms with Gasteiger partial charge < -0.3 is 14.7 Å². The normalized spacial score (nSPS) is 29.4. The van der Waals surface area contributed by atoms with Crippen LogP contribution in [0.15, 0.2) is 4.52 Å². The van der Waals surface area contributed by atoms with Crippen molar-refractivity contribution < 1.29 is 4.52 Å². The van der Waals surface area contributed by atoms with Crippen LogP contribution in [0.3, 0.4) is 0 Å². The number of hydrogen-bond donors (Lipinski definition) is 1. The first kappa shape index (κ1) is 13.1. The summed E-state index contributed by atoms with van der Waals surface area (Å²) in [6, 6.07) is 0. The van der Waals surface area contributed by atoms with Crippen LogP contribution in [-0.2, 0) is 6.42 Å². The fourth-order valence-corrected chi connectivity index (χ4v) is 3.16. The molecule has 1 aliphatic carbocycles. The number of nitrogens with one attached hydrogen (secondary N) is 1. The van der Waals surface area contributed by atoms with Gasteiger partial charge in [-0.3, -0.25) is 0 Å². The predicted molar refractivity (Wildman–Crippen MR) is 72.9 cm³/mol. The van der Waals surface area contributed by atoms with Crippen molar-refractivity contribution in [3.8, 4) is 0 Å². The Balaban J connectivity index is 1.57. The Morgan fingerprint density at radius 2 is 2.32 bits per heavy atom. The van der Waals surface area contributed by atoms with E-state index < -0.39 is 0 Å². The second-order valence-corrected chi connectivity index (χ2v) is 6.23. The molecule has 1 unspecified atom stereocenters. The van der Waals surface area contributed by atoms with E-state index in [2.05, 4.69) is 27.3 Å². The lowest BCUT2D eigenvalue weighted by atomic mass is 9.95. The van der Waals surface area contributed by atoms with Crippen LogP contribution in [0.25, 0.3) is 0 Å². The minimum atomic E-state index is 0.307. The Bertz CT molecular complexity index is 429. The Morgan fingerprint density at radius 1 is 1.47 bits per heavy atom. The van der Waals surface area contributed by atoms with Crippen LogP contribution in [0.2, 0.25) is 0 Å². The Hall–Kier alpha value is -0.940. The topological polar surface area (TPSA) is 54.2 Å². The number of hydrogen-bond acceptors (Lipinski definition) is 5. The molecule has 2 fully saturated rings. The van der Waals surface area contributed by atoms with E-state index >= 15 is 0 Å². The van der Waals surface area contributed by atoms with E-state index in [0.717, 1.165) is 43.7 Å². The molecule has 1 aliphatic heterocycles. The molecule has 0 radical (unpaired) electrons. The zero-order chi connectivity index (χ0) is 13.3. The van der Waals surface area contributed by atoms with Crippen molar-refractivity contribution in [1.29, 1.82) is 0 Å². The van der Waals surface area contributed by atoms with E-state index in [0.29, 0.717) is 5.54 Å². The highest BCUT2D eigenvalue weighted by molar-refractivity contribution is 5.01. The first-order valence-corrected chi connectivity index (χ1v) is 7.42. The first-order valence-electron chi connectivity index (χ1n) is 7.42. The van der Waals surface area contributed by atoms with Gasteiger partial charge in [-0.25, -0.2) is 0 Å². The zero-order valence-corrected chi connectivity index (χ0v) is 12.0. The lowest BCUT2D eigenvalue weighted by molar-refractivity contribution is 0.198. The van der Waals surface area contributed by atoms with Gasteiger partial charge in [0.05, 0.1) is 0 Å². The van der Waals surface area contributed by atoms with Gasteiger partial charge in [0.15, 0.2) is 5.82 Å². The van der Waals surface area contributed by atoms with Crippen molar-refractivity contribution in [1.82, 2.24) is 20.4 Å². The zero-order valence-electron chi connectivity index (χ0n) is 12.0. The quantitative estimate of drug-likeness (QED) is 0.890. The van der Waals surface area contributed by atoms with Crippen molar-refractivity contribution in [3.63, 3.8) is 0 Å². The van der Waals surface area contributed by atoms with Gasteiger partial charge in [-0.05, 0) is 52.1 Å². The molecular weight excluding hydrogens is 240 g/mol. The smallest absolute Gasteiger partial charge is 0.227 e. The average Bonchev–Trinajstić information content (AvgIpc) is 3.17. The summed E-state index contributed by atoms with van der Waals surface area (Å²) in [5, 5.41) is 7.61. The molecule has 1 saturated heterocycles. The molecule has 2 heterocycles. The minimum absolute atomic E-state index is 0.307. The maximum Gasteiger partial charge on any atom is 0.227 e. The minimum Gasteiger partial charge on any atom is -0.339 e. The SMILES string of the molecule is Cc1noc(CCN2CCCNC(C)(C3CC3)C2)n1.